The zero-order valence-corrected chi connectivity index (χ0v) is 16.7. The lowest BCUT2D eigenvalue weighted by Gasteiger charge is -2.12. The second kappa shape index (κ2) is 9.23. The molecule has 0 atom stereocenters. The standard InChI is InChI=1S/C22H24FN3O3/c1-4-24-21(27)14-13-20-15(2)25-26(17-7-11-18(28-3)12-8-17)22(20)29-19-9-5-16(23)6-10-19/h5-12H,4,13-14H2,1-3H3,(H,24,27). The molecular formula is C22H24FN3O3. The Morgan fingerprint density at radius 3 is 2.38 bits per heavy atom. The van der Waals surface area contributed by atoms with E-state index in [0.29, 0.717) is 31.0 Å². The third kappa shape index (κ3) is 4.93. The lowest BCUT2D eigenvalue weighted by molar-refractivity contribution is -0.120. The fraction of sp³-hybridized carbons (Fsp3) is 0.273. The fourth-order valence-electron chi connectivity index (χ4n) is 2.97. The topological polar surface area (TPSA) is 65.4 Å². The van der Waals surface area contributed by atoms with Gasteiger partial charge >= 0.3 is 0 Å². The maximum absolute atomic E-state index is 13.3. The molecule has 0 bridgehead atoms. The van der Waals surface area contributed by atoms with E-state index in [9.17, 15) is 9.18 Å². The molecule has 152 valence electrons. The molecule has 0 saturated heterocycles. The maximum atomic E-state index is 13.3. The Kier molecular flexibility index (Phi) is 6.49. The largest absolute Gasteiger partial charge is 0.497 e. The predicted molar refractivity (Wildman–Crippen MR) is 108 cm³/mol. The van der Waals surface area contributed by atoms with Crippen LogP contribution in [0.25, 0.3) is 5.69 Å². The van der Waals surface area contributed by atoms with Crippen molar-refractivity contribution in [3.8, 4) is 23.1 Å². The number of halogens is 1. The average Bonchev–Trinajstić information content (AvgIpc) is 3.03. The van der Waals surface area contributed by atoms with Crippen molar-refractivity contribution in [3.63, 3.8) is 0 Å². The van der Waals surface area contributed by atoms with Crippen molar-refractivity contribution in [2.75, 3.05) is 13.7 Å². The summed E-state index contributed by atoms with van der Waals surface area (Å²) in [6, 6.07) is 13.2. The van der Waals surface area contributed by atoms with Crippen molar-refractivity contribution < 1.29 is 18.7 Å². The van der Waals surface area contributed by atoms with Gasteiger partial charge in [0.15, 0.2) is 0 Å². The molecule has 3 rings (SSSR count). The second-order valence-corrected chi connectivity index (χ2v) is 6.49. The molecule has 6 nitrogen and oxygen atoms in total. The van der Waals surface area contributed by atoms with Crippen LogP contribution in [0.15, 0.2) is 48.5 Å². The summed E-state index contributed by atoms with van der Waals surface area (Å²) in [5, 5.41) is 7.42. The minimum absolute atomic E-state index is 0.0307. The van der Waals surface area contributed by atoms with Gasteiger partial charge in [-0.3, -0.25) is 4.79 Å². The van der Waals surface area contributed by atoms with E-state index in [2.05, 4.69) is 10.4 Å². The summed E-state index contributed by atoms with van der Waals surface area (Å²) in [5.74, 6) is 1.35. The molecule has 1 aromatic heterocycles. The van der Waals surface area contributed by atoms with Gasteiger partial charge in [-0.1, -0.05) is 0 Å². The van der Waals surface area contributed by atoms with E-state index in [-0.39, 0.29) is 11.7 Å². The van der Waals surface area contributed by atoms with Gasteiger partial charge in [-0.15, -0.1) is 0 Å². The smallest absolute Gasteiger partial charge is 0.226 e. The third-order valence-electron chi connectivity index (χ3n) is 4.46. The molecular weight excluding hydrogens is 373 g/mol. The SMILES string of the molecule is CCNC(=O)CCc1c(C)nn(-c2ccc(OC)cc2)c1Oc1ccc(F)cc1. The number of rotatable bonds is 8. The number of aryl methyl sites for hydroxylation is 1. The van der Waals surface area contributed by atoms with Gasteiger partial charge in [0.1, 0.15) is 17.3 Å². The van der Waals surface area contributed by atoms with Crippen molar-refractivity contribution >= 4 is 5.91 Å². The summed E-state index contributed by atoms with van der Waals surface area (Å²) in [7, 11) is 1.61. The number of amides is 1. The summed E-state index contributed by atoms with van der Waals surface area (Å²) in [5.41, 5.74) is 2.38. The van der Waals surface area contributed by atoms with Gasteiger partial charge in [0.25, 0.3) is 0 Å². The maximum Gasteiger partial charge on any atom is 0.226 e. The number of hydrogen-bond acceptors (Lipinski definition) is 4. The van der Waals surface area contributed by atoms with Crippen LogP contribution in [-0.4, -0.2) is 29.3 Å². The molecule has 0 aliphatic rings. The van der Waals surface area contributed by atoms with Crippen LogP contribution >= 0.6 is 0 Å². The summed E-state index contributed by atoms with van der Waals surface area (Å²) in [6.45, 7) is 4.35. The Balaban J connectivity index is 1.98. The Labute approximate surface area is 169 Å². The van der Waals surface area contributed by atoms with Gasteiger partial charge in [-0.25, -0.2) is 9.07 Å². The molecule has 1 heterocycles. The van der Waals surface area contributed by atoms with E-state index in [1.807, 2.05) is 38.1 Å². The van der Waals surface area contributed by atoms with Gasteiger partial charge in [-0.05, 0) is 68.8 Å². The molecule has 2 aromatic carbocycles. The minimum atomic E-state index is -0.339. The Bertz CT molecular complexity index is 966. The van der Waals surface area contributed by atoms with Crippen molar-refractivity contribution in [2.24, 2.45) is 0 Å². The Morgan fingerprint density at radius 1 is 1.10 bits per heavy atom. The van der Waals surface area contributed by atoms with Crippen LogP contribution in [0.3, 0.4) is 0 Å². The predicted octanol–water partition coefficient (Wildman–Crippen LogP) is 4.19. The van der Waals surface area contributed by atoms with Gasteiger partial charge in [0.2, 0.25) is 11.8 Å². The van der Waals surface area contributed by atoms with Crippen LogP contribution in [0.5, 0.6) is 17.4 Å². The van der Waals surface area contributed by atoms with Gasteiger partial charge in [0, 0.05) is 18.5 Å². The molecule has 0 aliphatic heterocycles. The number of nitrogens with zero attached hydrogens (tertiary/aromatic N) is 2. The molecule has 0 unspecified atom stereocenters. The third-order valence-corrected chi connectivity index (χ3v) is 4.46. The van der Waals surface area contributed by atoms with Crippen LogP contribution in [0, 0.1) is 12.7 Å². The summed E-state index contributed by atoms with van der Waals surface area (Å²) in [6.07, 6.45) is 0.799. The molecule has 0 aliphatic carbocycles. The van der Waals surface area contributed by atoms with E-state index in [0.717, 1.165) is 22.7 Å². The molecule has 0 spiro atoms. The highest BCUT2D eigenvalue weighted by Crippen LogP contribution is 2.32. The van der Waals surface area contributed by atoms with E-state index < -0.39 is 0 Å². The normalized spacial score (nSPS) is 10.6. The first-order valence-corrected chi connectivity index (χ1v) is 9.45. The number of nitrogens with one attached hydrogen (secondary N) is 1. The van der Waals surface area contributed by atoms with Crippen molar-refractivity contribution in [1.29, 1.82) is 0 Å². The van der Waals surface area contributed by atoms with Gasteiger partial charge < -0.3 is 14.8 Å². The summed E-state index contributed by atoms with van der Waals surface area (Å²) >= 11 is 0. The first-order valence-electron chi connectivity index (χ1n) is 9.45. The van der Waals surface area contributed by atoms with E-state index in [4.69, 9.17) is 9.47 Å². The van der Waals surface area contributed by atoms with Crippen LogP contribution < -0.4 is 14.8 Å². The first kappa shape index (κ1) is 20.4. The molecule has 1 N–H and O–H groups in total. The number of methoxy groups -OCH3 is 1. The number of carbonyl (C=O) groups excluding carboxylic acids is 1. The van der Waals surface area contributed by atoms with Crippen molar-refractivity contribution in [1.82, 2.24) is 15.1 Å². The van der Waals surface area contributed by atoms with E-state index >= 15 is 0 Å². The Hall–Kier alpha value is -3.35. The van der Waals surface area contributed by atoms with Crippen LogP contribution in [-0.2, 0) is 11.2 Å². The molecule has 7 heteroatoms. The number of benzene rings is 2. The monoisotopic (exact) mass is 397 g/mol. The highest BCUT2D eigenvalue weighted by atomic mass is 19.1. The summed E-state index contributed by atoms with van der Waals surface area (Å²) in [4.78, 5) is 11.9. The van der Waals surface area contributed by atoms with Crippen LogP contribution in [0.2, 0.25) is 0 Å². The lowest BCUT2D eigenvalue weighted by Crippen LogP contribution is -2.22. The Morgan fingerprint density at radius 2 is 1.76 bits per heavy atom. The first-order chi connectivity index (χ1) is 14.0. The van der Waals surface area contributed by atoms with Crippen molar-refractivity contribution in [2.45, 2.75) is 26.7 Å². The fourth-order valence-corrected chi connectivity index (χ4v) is 2.97. The molecule has 0 fully saturated rings. The number of ether oxygens (including phenoxy) is 2. The number of hydrogen-bond donors (Lipinski definition) is 1. The zero-order valence-electron chi connectivity index (χ0n) is 16.7. The van der Waals surface area contributed by atoms with Gasteiger partial charge in [-0.2, -0.15) is 5.10 Å². The molecule has 3 aromatic rings. The number of aromatic nitrogens is 2. The van der Waals surface area contributed by atoms with E-state index in [1.165, 1.54) is 12.1 Å². The van der Waals surface area contributed by atoms with Gasteiger partial charge in [0.05, 0.1) is 18.5 Å². The zero-order chi connectivity index (χ0) is 20.8. The van der Waals surface area contributed by atoms with Crippen molar-refractivity contribution in [3.05, 3.63) is 65.6 Å². The lowest BCUT2D eigenvalue weighted by atomic mass is 10.1. The molecule has 0 saturated carbocycles. The second-order valence-electron chi connectivity index (χ2n) is 6.49. The summed E-state index contributed by atoms with van der Waals surface area (Å²) < 4.78 is 26.3. The van der Waals surface area contributed by atoms with Crippen LogP contribution in [0.1, 0.15) is 24.6 Å². The van der Waals surface area contributed by atoms with E-state index in [1.54, 1.807) is 23.9 Å². The quantitative estimate of drug-likeness (QED) is 0.619. The molecule has 29 heavy (non-hydrogen) atoms. The highest BCUT2D eigenvalue weighted by Gasteiger charge is 2.20. The molecule has 0 radical (unpaired) electrons. The highest BCUT2D eigenvalue weighted by molar-refractivity contribution is 5.76. The molecule has 1 amide bonds. The van der Waals surface area contributed by atoms with Crippen LogP contribution in [0.4, 0.5) is 4.39 Å². The minimum Gasteiger partial charge on any atom is -0.497 e. The average molecular weight is 397 g/mol. The number of carbonyl (C=O) groups is 1.